The second-order valence-electron chi connectivity index (χ2n) is 4.81. The van der Waals surface area contributed by atoms with Crippen LogP contribution in [0.25, 0.3) is 0 Å². The van der Waals surface area contributed by atoms with Crippen molar-refractivity contribution in [2.24, 2.45) is 0 Å². The molecular weight excluding hydrogens is 365 g/mol. The normalized spacial score (nSPS) is 10.5. The van der Waals surface area contributed by atoms with Crippen LogP contribution >= 0.6 is 0 Å². The second kappa shape index (κ2) is 7.46. The van der Waals surface area contributed by atoms with Gasteiger partial charge in [-0.05, 0) is 12.1 Å². The van der Waals surface area contributed by atoms with Crippen molar-refractivity contribution in [2.75, 3.05) is 26.6 Å². The standard InChI is InChI=1S/C16H12F5NO4/c1-24-7-4-6(5-8(25-2)15(7)26-3)16(23)22-14-12(20)10(18)9(17)11(19)13(14)21/h4-5H,1-3H3,(H,22,23). The van der Waals surface area contributed by atoms with Gasteiger partial charge < -0.3 is 19.5 Å². The van der Waals surface area contributed by atoms with Gasteiger partial charge in [0.15, 0.2) is 34.8 Å². The number of amides is 1. The summed E-state index contributed by atoms with van der Waals surface area (Å²) < 4.78 is 82.0. The highest BCUT2D eigenvalue weighted by Gasteiger charge is 2.27. The number of benzene rings is 2. The van der Waals surface area contributed by atoms with E-state index in [0.717, 1.165) is 12.1 Å². The fourth-order valence-corrected chi connectivity index (χ4v) is 2.11. The van der Waals surface area contributed by atoms with Crippen molar-refractivity contribution in [3.05, 3.63) is 46.8 Å². The van der Waals surface area contributed by atoms with Gasteiger partial charge in [0.1, 0.15) is 5.69 Å². The molecule has 0 saturated carbocycles. The number of carbonyl (C=O) groups is 1. The molecule has 10 heteroatoms. The number of nitrogens with one attached hydrogen (secondary N) is 1. The molecule has 2 aromatic carbocycles. The lowest BCUT2D eigenvalue weighted by Gasteiger charge is -2.14. The molecule has 0 bridgehead atoms. The van der Waals surface area contributed by atoms with Gasteiger partial charge in [0, 0.05) is 5.56 Å². The van der Waals surface area contributed by atoms with Crippen molar-refractivity contribution in [2.45, 2.75) is 0 Å². The fraction of sp³-hybridized carbons (Fsp3) is 0.188. The second-order valence-corrected chi connectivity index (χ2v) is 4.81. The van der Waals surface area contributed by atoms with Gasteiger partial charge >= 0.3 is 0 Å². The minimum atomic E-state index is -2.33. The van der Waals surface area contributed by atoms with Crippen LogP contribution in [-0.4, -0.2) is 27.2 Å². The lowest BCUT2D eigenvalue weighted by atomic mass is 10.1. The average Bonchev–Trinajstić information content (AvgIpc) is 2.66. The van der Waals surface area contributed by atoms with Crippen LogP contribution in [0, 0.1) is 29.1 Å². The van der Waals surface area contributed by atoms with Crippen LogP contribution in [-0.2, 0) is 0 Å². The number of carbonyl (C=O) groups excluding carboxylic acids is 1. The molecule has 140 valence electrons. The maximum Gasteiger partial charge on any atom is 0.256 e. The first-order chi connectivity index (χ1) is 12.3. The largest absolute Gasteiger partial charge is 0.493 e. The van der Waals surface area contributed by atoms with E-state index < -0.39 is 40.7 Å². The molecule has 2 aromatic rings. The van der Waals surface area contributed by atoms with E-state index in [2.05, 4.69) is 0 Å². The quantitative estimate of drug-likeness (QED) is 0.491. The van der Waals surface area contributed by atoms with Gasteiger partial charge in [0.05, 0.1) is 21.3 Å². The fourth-order valence-electron chi connectivity index (χ4n) is 2.11. The van der Waals surface area contributed by atoms with E-state index in [0.29, 0.717) is 0 Å². The zero-order chi connectivity index (χ0) is 19.6. The van der Waals surface area contributed by atoms with Crippen LogP contribution < -0.4 is 19.5 Å². The zero-order valence-electron chi connectivity index (χ0n) is 13.7. The molecule has 0 fully saturated rings. The summed E-state index contributed by atoms with van der Waals surface area (Å²) >= 11 is 0. The van der Waals surface area contributed by atoms with Crippen molar-refractivity contribution in [1.29, 1.82) is 0 Å². The number of hydrogen-bond donors (Lipinski definition) is 1. The average molecular weight is 377 g/mol. The third-order valence-electron chi connectivity index (χ3n) is 3.38. The number of halogens is 5. The number of hydrogen-bond acceptors (Lipinski definition) is 4. The summed E-state index contributed by atoms with van der Waals surface area (Å²) in [4.78, 5) is 12.2. The summed E-state index contributed by atoms with van der Waals surface area (Å²) in [5.74, 6) is -11.9. The van der Waals surface area contributed by atoms with Gasteiger partial charge in [0.2, 0.25) is 11.6 Å². The van der Waals surface area contributed by atoms with Crippen LogP contribution in [0.1, 0.15) is 10.4 Å². The molecule has 1 N–H and O–H groups in total. The Bertz CT molecular complexity index is 818. The van der Waals surface area contributed by atoms with Crippen LogP contribution in [0.15, 0.2) is 12.1 Å². The molecule has 0 spiro atoms. The maximum absolute atomic E-state index is 13.7. The number of rotatable bonds is 5. The van der Waals surface area contributed by atoms with E-state index in [1.165, 1.54) is 21.3 Å². The lowest BCUT2D eigenvalue weighted by molar-refractivity contribution is 0.102. The molecule has 5 nitrogen and oxygen atoms in total. The lowest BCUT2D eigenvalue weighted by Crippen LogP contribution is -2.17. The molecular formula is C16H12F5NO4. The minimum Gasteiger partial charge on any atom is -0.493 e. The first-order valence-electron chi connectivity index (χ1n) is 6.89. The van der Waals surface area contributed by atoms with Crippen LogP contribution in [0.2, 0.25) is 0 Å². The van der Waals surface area contributed by atoms with E-state index in [1.807, 2.05) is 0 Å². The highest BCUT2D eigenvalue weighted by molar-refractivity contribution is 6.05. The first-order valence-corrected chi connectivity index (χ1v) is 6.89. The molecule has 0 radical (unpaired) electrons. The Morgan fingerprint density at radius 3 is 1.58 bits per heavy atom. The Labute approximate surface area is 144 Å². The van der Waals surface area contributed by atoms with Gasteiger partial charge in [-0.2, -0.15) is 0 Å². The maximum atomic E-state index is 13.7. The molecule has 2 rings (SSSR count). The Kier molecular flexibility index (Phi) is 5.53. The van der Waals surface area contributed by atoms with E-state index in [1.54, 1.807) is 5.32 Å². The van der Waals surface area contributed by atoms with Crippen molar-refractivity contribution in [3.8, 4) is 17.2 Å². The number of ether oxygens (including phenoxy) is 3. The van der Waals surface area contributed by atoms with Crippen LogP contribution in [0.3, 0.4) is 0 Å². The van der Waals surface area contributed by atoms with Crippen LogP contribution in [0.5, 0.6) is 17.2 Å². The minimum absolute atomic E-state index is 0.0504. The molecule has 0 unspecified atom stereocenters. The monoisotopic (exact) mass is 377 g/mol. The van der Waals surface area contributed by atoms with Crippen LogP contribution in [0.4, 0.5) is 27.6 Å². The predicted octanol–water partition coefficient (Wildman–Crippen LogP) is 3.66. The Balaban J connectivity index is 2.49. The molecule has 0 saturated heterocycles. The Morgan fingerprint density at radius 2 is 1.19 bits per heavy atom. The van der Waals surface area contributed by atoms with E-state index in [-0.39, 0.29) is 22.8 Å². The van der Waals surface area contributed by atoms with Crippen molar-refractivity contribution in [3.63, 3.8) is 0 Å². The topological polar surface area (TPSA) is 56.8 Å². The molecule has 1 amide bonds. The molecule has 0 heterocycles. The van der Waals surface area contributed by atoms with E-state index in [9.17, 15) is 26.7 Å². The summed E-state index contributed by atoms with van der Waals surface area (Å²) in [7, 11) is 3.85. The van der Waals surface area contributed by atoms with Gasteiger partial charge in [-0.15, -0.1) is 0 Å². The molecule has 0 aliphatic rings. The van der Waals surface area contributed by atoms with Crippen molar-refractivity contribution >= 4 is 11.6 Å². The van der Waals surface area contributed by atoms with Gasteiger partial charge in [-0.3, -0.25) is 4.79 Å². The van der Waals surface area contributed by atoms with Gasteiger partial charge in [-0.1, -0.05) is 0 Å². The summed E-state index contributed by atoms with van der Waals surface area (Å²) in [6, 6.07) is 2.28. The Morgan fingerprint density at radius 1 is 0.769 bits per heavy atom. The van der Waals surface area contributed by atoms with Gasteiger partial charge in [-0.25, -0.2) is 22.0 Å². The molecule has 0 aliphatic heterocycles. The number of anilines is 1. The summed E-state index contributed by atoms with van der Waals surface area (Å²) in [5.41, 5.74) is -1.71. The van der Waals surface area contributed by atoms with Crippen molar-refractivity contribution in [1.82, 2.24) is 0 Å². The van der Waals surface area contributed by atoms with E-state index in [4.69, 9.17) is 14.2 Å². The highest BCUT2D eigenvalue weighted by atomic mass is 19.2. The number of methoxy groups -OCH3 is 3. The summed E-state index contributed by atoms with van der Waals surface area (Å²) in [6.07, 6.45) is 0. The predicted molar refractivity (Wildman–Crippen MR) is 80.3 cm³/mol. The molecule has 0 aliphatic carbocycles. The molecule has 26 heavy (non-hydrogen) atoms. The van der Waals surface area contributed by atoms with Crippen molar-refractivity contribution < 1.29 is 41.0 Å². The smallest absolute Gasteiger partial charge is 0.256 e. The third-order valence-corrected chi connectivity index (χ3v) is 3.38. The Hall–Kier alpha value is -3.04. The SMILES string of the molecule is COc1cc(C(=O)Nc2c(F)c(F)c(F)c(F)c2F)cc(OC)c1OC. The zero-order valence-corrected chi connectivity index (χ0v) is 13.7. The highest BCUT2D eigenvalue weighted by Crippen LogP contribution is 2.38. The summed E-state index contributed by atoms with van der Waals surface area (Å²) in [5, 5.41) is 1.66. The molecule has 0 aromatic heterocycles. The molecule has 0 atom stereocenters. The summed E-state index contributed by atoms with van der Waals surface area (Å²) in [6.45, 7) is 0. The third kappa shape index (κ3) is 3.22. The van der Waals surface area contributed by atoms with E-state index >= 15 is 0 Å². The van der Waals surface area contributed by atoms with Gasteiger partial charge in [0.25, 0.3) is 5.91 Å². The first kappa shape index (κ1) is 19.3.